The van der Waals surface area contributed by atoms with Crippen LogP contribution in [0.5, 0.6) is 0 Å². The van der Waals surface area contributed by atoms with Gasteiger partial charge in [-0.25, -0.2) is 9.78 Å². The summed E-state index contributed by atoms with van der Waals surface area (Å²) >= 11 is 0. The molecule has 0 saturated carbocycles. The molecular formula is C18H19N5O4. The van der Waals surface area contributed by atoms with Crippen molar-refractivity contribution < 1.29 is 18.8 Å². The first-order chi connectivity index (χ1) is 13.1. The summed E-state index contributed by atoms with van der Waals surface area (Å²) in [6, 6.07) is 3.38. The lowest BCUT2D eigenvalue weighted by Gasteiger charge is -2.26. The van der Waals surface area contributed by atoms with Gasteiger partial charge in [0.15, 0.2) is 5.89 Å². The molecule has 1 fully saturated rings. The Hall–Kier alpha value is -3.23. The molecule has 1 N–H and O–H groups in total. The van der Waals surface area contributed by atoms with Crippen LogP contribution in [0.4, 0.5) is 4.79 Å². The molecule has 2 aromatic rings. The number of hydrogen-bond acceptors (Lipinski definition) is 6. The van der Waals surface area contributed by atoms with Crippen LogP contribution < -0.4 is 5.32 Å². The van der Waals surface area contributed by atoms with Crippen molar-refractivity contribution in [2.75, 3.05) is 19.6 Å². The van der Waals surface area contributed by atoms with E-state index in [1.165, 1.54) is 4.90 Å². The molecule has 9 nitrogen and oxygen atoms in total. The minimum atomic E-state index is -0.523. The van der Waals surface area contributed by atoms with Crippen molar-refractivity contribution in [3.63, 3.8) is 0 Å². The van der Waals surface area contributed by atoms with E-state index in [1.807, 2.05) is 18.3 Å². The van der Waals surface area contributed by atoms with E-state index < -0.39 is 6.03 Å². The van der Waals surface area contributed by atoms with E-state index in [-0.39, 0.29) is 24.9 Å². The fourth-order valence-electron chi connectivity index (χ4n) is 3.24. The zero-order valence-electron chi connectivity index (χ0n) is 14.7. The summed E-state index contributed by atoms with van der Waals surface area (Å²) in [5, 5.41) is 2.17. The number of amides is 4. The van der Waals surface area contributed by atoms with Crippen LogP contribution in [0.15, 0.2) is 28.9 Å². The first kappa shape index (κ1) is 17.2. The Balaban J connectivity index is 1.35. The molecule has 2 aromatic heterocycles. The fraction of sp³-hybridized carbons (Fsp3) is 0.389. The molecule has 0 unspecified atom stereocenters. The minimum absolute atomic E-state index is 0.0773. The van der Waals surface area contributed by atoms with E-state index in [4.69, 9.17) is 4.42 Å². The Morgan fingerprint density at radius 1 is 1.26 bits per heavy atom. The van der Waals surface area contributed by atoms with Crippen molar-refractivity contribution >= 4 is 17.8 Å². The fourth-order valence-corrected chi connectivity index (χ4v) is 3.24. The van der Waals surface area contributed by atoms with Crippen LogP contribution in [0.2, 0.25) is 0 Å². The standard InChI is InChI=1S/C18H19N5O4/c24-15-10-23(18(26)21-15)11-17(25)22-7-5-14-13(9-22)20-16(27-14)4-3-12-2-1-6-19-8-12/h1-2,6,8H,3-5,7,9-11H2,(H,21,24,26). The van der Waals surface area contributed by atoms with Crippen molar-refractivity contribution in [1.82, 2.24) is 25.1 Å². The lowest BCUT2D eigenvalue weighted by molar-refractivity contribution is -0.132. The summed E-state index contributed by atoms with van der Waals surface area (Å²) in [6.45, 7) is 0.672. The van der Waals surface area contributed by atoms with Gasteiger partial charge in [-0.2, -0.15) is 0 Å². The predicted octanol–water partition coefficient (Wildman–Crippen LogP) is 0.291. The number of pyridine rings is 1. The van der Waals surface area contributed by atoms with Crippen LogP contribution in [0, 0.1) is 0 Å². The topological polar surface area (TPSA) is 109 Å². The summed E-state index contributed by atoms with van der Waals surface area (Å²) in [5.74, 6) is 0.880. The van der Waals surface area contributed by atoms with E-state index in [0.29, 0.717) is 31.8 Å². The third kappa shape index (κ3) is 3.81. The third-order valence-corrected chi connectivity index (χ3v) is 4.67. The van der Waals surface area contributed by atoms with Gasteiger partial charge in [0.25, 0.3) is 0 Å². The SMILES string of the molecule is O=C1CN(CC(=O)N2CCc3oc(CCc4cccnc4)nc3C2)C(=O)N1. The second kappa shape index (κ2) is 7.18. The number of carbonyl (C=O) groups is 3. The highest BCUT2D eigenvalue weighted by atomic mass is 16.4. The molecule has 0 atom stereocenters. The molecular weight excluding hydrogens is 350 g/mol. The second-order valence-electron chi connectivity index (χ2n) is 6.61. The first-order valence-electron chi connectivity index (χ1n) is 8.81. The third-order valence-electron chi connectivity index (χ3n) is 4.67. The zero-order chi connectivity index (χ0) is 18.8. The molecule has 0 radical (unpaired) electrons. The van der Waals surface area contributed by atoms with Gasteiger partial charge in [0.05, 0.1) is 6.54 Å². The largest absolute Gasteiger partial charge is 0.445 e. The average Bonchev–Trinajstić information content (AvgIpc) is 3.22. The number of nitrogens with one attached hydrogen (secondary N) is 1. The van der Waals surface area contributed by atoms with Gasteiger partial charge in [-0.1, -0.05) is 6.07 Å². The van der Waals surface area contributed by atoms with Gasteiger partial charge >= 0.3 is 6.03 Å². The maximum Gasteiger partial charge on any atom is 0.325 e. The number of aryl methyl sites for hydroxylation is 2. The summed E-state index contributed by atoms with van der Waals surface area (Å²) < 4.78 is 5.83. The number of hydrogen-bond donors (Lipinski definition) is 1. The summed E-state index contributed by atoms with van der Waals surface area (Å²) in [5.41, 5.74) is 1.88. The van der Waals surface area contributed by atoms with E-state index in [0.717, 1.165) is 23.4 Å². The van der Waals surface area contributed by atoms with Crippen LogP contribution in [0.25, 0.3) is 0 Å². The number of nitrogens with zero attached hydrogens (tertiary/aromatic N) is 4. The molecule has 2 aliphatic rings. The molecule has 4 heterocycles. The number of fused-ring (bicyclic) bond motifs is 1. The highest BCUT2D eigenvalue weighted by Gasteiger charge is 2.31. The Morgan fingerprint density at radius 2 is 2.15 bits per heavy atom. The molecule has 4 amide bonds. The molecule has 9 heteroatoms. The molecule has 4 rings (SSSR count). The number of rotatable bonds is 5. The Labute approximate surface area is 155 Å². The van der Waals surface area contributed by atoms with Gasteiger partial charge < -0.3 is 14.2 Å². The average molecular weight is 369 g/mol. The molecule has 0 aliphatic carbocycles. The Kier molecular flexibility index (Phi) is 4.57. The van der Waals surface area contributed by atoms with Crippen molar-refractivity contribution in [1.29, 1.82) is 0 Å². The van der Waals surface area contributed by atoms with Crippen LogP contribution in [0.3, 0.4) is 0 Å². The first-order valence-corrected chi connectivity index (χ1v) is 8.81. The quantitative estimate of drug-likeness (QED) is 0.759. The van der Waals surface area contributed by atoms with Crippen molar-refractivity contribution in [3.05, 3.63) is 47.4 Å². The van der Waals surface area contributed by atoms with E-state index in [9.17, 15) is 14.4 Å². The van der Waals surface area contributed by atoms with Crippen LogP contribution >= 0.6 is 0 Å². The summed E-state index contributed by atoms with van der Waals surface area (Å²) in [6.07, 6.45) is 5.60. The highest BCUT2D eigenvalue weighted by Crippen LogP contribution is 2.21. The number of oxazole rings is 1. The molecule has 0 bridgehead atoms. The smallest absolute Gasteiger partial charge is 0.325 e. The summed E-state index contributed by atoms with van der Waals surface area (Å²) in [7, 11) is 0. The van der Waals surface area contributed by atoms with Crippen LogP contribution in [-0.4, -0.2) is 57.2 Å². The second-order valence-corrected chi connectivity index (χ2v) is 6.61. The normalized spacial score (nSPS) is 16.4. The van der Waals surface area contributed by atoms with Crippen molar-refractivity contribution in [3.8, 4) is 0 Å². The number of urea groups is 1. The van der Waals surface area contributed by atoms with Gasteiger partial charge in [0.2, 0.25) is 11.8 Å². The van der Waals surface area contributed by atoms with Gasteiger partial charge in [-0.3, -0.25) is 19.9 Å². The number of carbonyl (C=O) groups excluding carboxylic acids is 3. The van der Waals surface area contributed by atoms with Gasteiger partial charge in [0, 0.05) is 31.8 Å². The summed E-state index contributed by atoms with van der Waals surface area (Å²) in [4.78, 5) is 46.8. The molecule has 2 aliphatic heterocycles. The highest BCUT2D eigenvalue weighted by molar-refractivity contribution is 6.03. The predicted molar refractivity (Wildman–Crippen MR) is 92.4 cm³/mol. The Bertz CT molecular complexity index is 879. The molecule has 140 valence electrons. The van der Waals surface area contributed by atoms with E-state index in [1.54, 1.807) is 11.1 Å². The van der Waals surface area contributed by atoms with Crippen molar-refractivity contribution in [2.45, 2.75) is 25.8 Å². The van der Waals surface area contributed by atoms with Gasteiger partial charge in [0.1, 0.15) is 24.5 Å². The monoisotopic (exact) mass is 369 g/mol. The Morgan fingerprint density at radius 3 is 2.89 bits per heavy atom. The van der Waals surface area contributed by atoms with Crippen LogP contribution in [0.1, 0.15) is 22.9 Å². The van der Waals surface area contributed by atoms with E-state index in [2.05, 4.69) is 15.3 Å². The van der Waals surface area contributed by atoms with Crippen molar-refractivity contribution in [2.24, 2.45) is 0 Å². The molecule has 1 saturated heterocycles. The van der Waals surface area contributed by atoms with Gasteiger partial charge in [-0.05, 0) is 18.1 Å². The lowest BCUT2D eigenvalue weighted by atomic mass is 10.1. The minimum Gasteiger partial charge on any atom is -0.445 e. The van der Waals surface area contributed by atoms with Gasteiger partial charge in [-0.15, -0.1) is 0 Å². The molecule has 27 heavy (non-hydrogen) atoms. The molecule has 0 aromatic carbocycles. The lowest BCUT2D eigenvalue weighted by Crippen LogP contribution is -2.43. The number of aromatic nitrogens is 2. The number of imide groups is 1. The maximum atomic E-state index is 12.5. The zero-order valence-corrected chi connectivity index (χ0v) is 14.7. The maximum absolute atomic E-state index is 12.5. The van der Waals surface area contributed by atoms with Crippen LogP contribution in [-0.2, 0) is 35.4 Å². The molecule has 0 spiro atoms. The van der Waals surface area contributed by atoms with E-state index >= 15 is 0 Å².